The zero-order chi connectivity index (χ0) is 22.9. The lowest BCUT2D eigenvalue weighted by Crippen LogP contribution is -2.48. The van der Waals surface area contributed by atoms with Crippen molar-refractivity contribution >= 4 is 35.0 Å². The van der Waals surface area contributed by atoms with Crippen LogP contribution in [-0.4, -0.2) is 41.8 Å². The van der Waals surface area contributed by atoms with E-state index in [0.29, 0.717) is 22.0 Å². The number of amides is 2. The number of nitrogens with zero attached hydrogens (tertiary/aromatic N) is 3. The Morgan fingerprint density at radius 3 is 2.33 bits per heavy atom. The molecule has 3 aromatic carbocycles. The first-order valence-electron chi connectivity index (χ1n) is 10.5. The van der Waals surface area contributed by atoms with Crippen LogP contribution in [0, 0.1) is 5.82 Å². The van der Waals surface area contributed by atoms with Gasteiger partial charge in [0.25, 0.3) is 5.91 Å². The Morgan fingerprint density at radius 2 is 1.70 bits per heavy atom. The lowest BCUT2D eigenvalue weighted by molar-refractivity contribution is -0.129. The molecule has 33 heavy (non-hydrogen) atoms. The van der Waals surface area contributed by atoms with Gasteiger partial charge in [0.15, 0.2) is 0 Å². The number of hydrogen-bond acceptors (Lipinski definition) is 5. The van der Waals surface area contributed by atoms with Crippen LogP contribution >= 0.6 is 11.6 Å². The van der Waals surface area contributed by atoms with Crippen LogP contribution in [0.2, 0.25) is 5.02 Å². The van der Waals surface area contributed by atoms with Crippen LogP contribution in [0.3, 0.4) is 0 Å². The van der Waals surface area contributed by atoms with Crippen LogP contribution in [0.1, 0.15) is 17.0 Å². The summed E-state index contributed by atoms with van der Waals surface area (Å²) in [6.07, 6.45) is -0.668. The van der Waals surface area contributed by atoms with Crippen molar-refractivity contribution in [1.29, 1.82) is 0 Å². The van der Waals surface area contributed by atoms with Gasteiger partial charge in [0, 0.05) is 5.02 Å². The lowest BCUT2D eigenvalue weighted by atomic mass is 9.84. The van der Waals surface area contributed by atoms with Crippen molar-refractivity contribution in [2.45, 2.75) is 12.0 Å². The molecular formula is C25H19ClFN3O3. The minimum Gasteiger partial charge on any atom is -0.447 e. The number of cyclic esters (lactones) is 1. The number of anilines is 1. The fourth-order valence-corrected chi connectivity index (χ4v) is 4.32. The van der Waals surface area contributed by atoms with Crippen molar-refractivity contribution < 1.29 is 18.7 Å². The van der Waals surface area contributed by atoms with Crippen molar-refractivity contribution in [3.05, 3.63) is 101 Å². The average Bonchev–Trinajstić information content (AvgIpc) is 3.44. The van der Waals surface area contributed by atoms with Gasteiger partial charge in [0.1, 0.15) is 18.5 Å². The Labute approximate surface area is 194 Å². The number of halogens is 2. The summed E-state index contributed by atoms with van der Waals surface area (Å²) in [4.78, 5) is 27.1. The molecule has 0 saturated carbocycles. The lowest BCUT2D eigenvalue weighted by Gasteiger charge is -2.29. The van der Waals surface area contributed by atoms with Crippen LogP contribution in [0.4, 0.5) is 14.9 Å². The standard InChI is InChI=1S/C25H19ClFN3O3/c26-18-10-6-16(7-11-18)21-22(17-8-12-19(27)13-9-17)28-30(20-4-2-1-3-5-20)23(21)24(31)29-14-15-33-25(29)32/h1-13,21,23H,14-15H2/t21-,23-/m0/s1. The van der Waals surface area contributed by atoms with Crippen molar-refractivity contribution in [1.82, 2.24) is 4.90 Å². The van der Waals surface area contributed by atoms with E-state index >= 15 is 0 Å². The highest BCUT2D eigenvalue weighted by Gasteiger charge is 2.48. The molecular weight excluding hydrogens is 445 g/mol. The maximum Gasteiger partial charge on any atom is 0.416 e. The molecule has 2 amide bonds. The van der Waals surface area contributed by atoms with E-state index in [-0.39, 0.29) is 19.0 Å². The first-order chi connectivity index (χ1) is 16.0. The Bertz CT molecular complexity index is 1220. The summed E-state index contributed by atoms with van der Waals surface area (Å²) in [5, 5.41) is 7.02. The number of imide groups is 1. The Hall–Kier alpha value is -3.71. The molecule has 0 aromatic heterocycles. The van der Waals surface area contributed by atoms with Crippen LogP contribution in [0.25, 0.3) is 0 Å². The molecule has 0 unspecified atom stereocenters. The van der Waals surface area contributed by atoms with E-state index < -0.39 is 24.0 Å². The number of hydrazone groups is 1. The highest BCUT2D eigenvalue weighted by atomic mass is 35.5. The number of ether oxygens (including phenoxy) is 1. The van der Waals surface area contributed by atoms with Gasteiger partial charge in [-0.05, 0) is 47.5 Å². The summed E-state index contributed by atoms with van der Waals surface area (Å²) in [5.41, 5.74) is 2.76. The first-order valence-corrected chi connectivity index (χ1v) is 10.8. The molecule has 2 heterocycles. The summed E-state index contributed by atoms with van der Waals surface area (Å²) >= 11 is 6.12. The second-order valence-corrected chi connectivity index (χ2v) is 8.19. The Morgan fingerprint density at radius 1 is 1.00 bits per heavy atom. The molecule has 2 aliphatic heterocycles. The minimum absolute atomic E-state index is 0.153. The van der Waals surface area contributed by atoms with E-state index in [1.54, 1.807) is 29.3 Å². The highest BCUT2D eigenvalue weighted by Crippen LogP contribution is 2.39. The van der Waals surface area contributed by atoms with E-state index in [4.69, 9.17) is 21.4 Å². The van der Waals surface area contributed by atoms with Crippen molar-refractivity contribution in [2.24, 2.45) is 5.10 Å². The fraction of sp³-hybridized carbons (Fsp3) is 0.160. The van der Waals surface area contributed by atoms with Crippen LogP contribution < -0.4 is 5.01 Å². The molecule has 8 heteroatoms. The van der Waals surface area contributed by atoms with Gasteiger partial charge in [-0.3, -0.25) is 9.80 Å². The SMILES string of the molecule is O=C1OCCN1C(=O)[C@@H]1[C@@H](c2ccc(Cl)cc2)C(c2ccc(F)cc2)=NN1c1ccccc1. The molecule has 2 aliphatic rings. The molecule has 0 spiro atoms. The molecule has 0 aliphatic carbocycles. The molecule has 1 saturated heterocycles. The smallest absolute Gasteiger partial charge is 0.416 e. The number of para-hydroxylation sites is 1. The fourth-order valence-electron chi connectivity index (χ4n) is 4.20. The van der Waals surface area contributed by atoms with Gasteiger partial charge < -0.3 is 4.74 Å². The second kappa shape index (κ2) is 8.67. The van der Waals surface area contributed by atoms with E-state index in [1.807, 2.05) is 42.5 Å². The maximum absolute atomic E-state index is 13.7. The van der Waals surface area contributed by atoms with Gasteiger partial charge in [-0.15, -0.1) is 0 Å². The van der Waals surface area contributed by atoms with Crippen molar-refractivity contribution in [2.75, 3.05) is 18.2 Å². The zero-order valence-corrected chi connectivity index (χ0v) is 18.2. The van der Waals surface area contributed by atoms with E-state index in [9.17, 15) is 14.0 Å². The monoisotopic (exact) mass is 463 g/mol. The topological polar surface area (TPSA) is 62.2 Å². The number of benzene rings is 3. The Balaban J connectivity index is 1.67. The summed E-state index contributed by atoms with van der Waals surface area (Å²) in [5.74, 6) is -1.32. The summed E-state index contributed by atoms with van der Waals surface area (Å²) < 4.78 is 18.7. The van der Waals surface area contributed by atoms with Crippen LogP contribution in [-0.2, 0) is 9.53 Å². The van der Waals surface area contributed by atoms with Gasteiger partial charge >= 0.3 is 6.09 Å². The predicted octanol–water partition coefficient (Wildman–Crippen LogP) is 4.83. The van der Waals surface area contributed by atoms with Gasteiger partial charge in [-0.2, -0.15) is 5.10 Å². The molecule has 2 atom stereocenters. The quantitative estimate of drug-likeness (QED) is 0.555. The molecule has 5 rings (SSSR count). The molecule has 6 nitrogen and oxygen atoms in total. The van der Waals surface area contributed by atoms with E-state index in [0.717, 1.165) is 10.5 Å². The molecule has 166 valence electrons. The van der Waals surface area contributed by atoms with Crippen LogP contribution in [0.5, 0.6) is 0 Å². The molecule has 0 bridgehead atoms. The van der Waals surface area contributed by atoms with Gasteiger partial charge in [0.2, 0.25) is 0 Å². The number of hydrogen-bond donors (Lipinski definition) is 0. The first kappa shape index (κ1) is 21.2. The van der Waals surface area contributed by atoms with E-state index in [1.165, 1.54) is 12.1 Å². The van der Waals surface area contributed by atoms with E-state index in [2.05, 4.69) is 0 Å². The summed E-state index contributed by atoms with van der Waals surface area (Å²) in [6.45, 7) is 0.329. The molecule has 0 N–H and O–H groups in total. The third-order valence-corrected chi connectivity index (χ3v) is 6.01. The molecule has 3 aromatic rings. The predicted molar refractivity (Wildman–Crippen MR) is 123 cm³/mol. The van der Waals surface area contributed by atoms with Crippen molar-refractivity contribution in [3.8, 4) is 0 Å². The largest absolute Gasteiger partial charge is 0.447 e. The summed E-state index contributed by atoms with van der Waals surface area (Å²) in [6, 6.07) is 21.6. The zero-order valence-electron chi connectivity index (χ0n) is 17.4. The van der Waals surface area contributed by atoms with Gasteiger partial charge in [-0.1, -0.05) is 54.1 Å². The summed E-state index contributed by atoms with van der Waals surface area (Å²) in [7, 11) is 0. The van der Waals surface area contributed by atoms with Crippen molar-refractivity contribution in [3.63, 3.8) is 0 Å². The second-order valence-electron chi connectivity index (χ2n) is 7.75. The maximum atomic E-state index is 13.7. The third kappa shape index (κ3) is 3.96. The number of carbonyl (C=O) groups is 2. The van der Waals surface area contributed by atoms with Gasteiger partial charge in [0.05, 0.1) is 23.9 Å². The van der Waals surface area contributed by atoms with Gasteiger partial charge in [-0.25, -0.2) is 14.1 Å². The normalized spacial score (nSPS) is 20.1. The average molecular weight is 464 g/mol. The number of rotatable bonds is 4. The minimum atomic E-state index is -0.848. The number of carbonyl (C=O) groups excluding carboxylic acids is 2. The molecule has 0 radical (unpaired) electrons. The Kier molecular flexibility index (Phi) is 5.56. The van der Waals surface area contributed by atoms with Crippen LogP contribution in [0.15, 0.2) is 84.0 Å². The highest BCUT2D eigenvalue weighted by molar-refractivity contribution is 6.30. The third-order valence-electron chi connectivity index (χ3n) is 5.76. The molecule has 1 fully saturated rings.